The molecule has 3 amide bonds. The molecule has 0 atom stereocenters. The molecule has 1 aliphatic rings. The highest BCUT2D eigenvalue weighted by atomic mass is 32.2. The van der Waals surface area contributed by atoms with Gasteiger partial charge in [-0.3, -0.25) is 25.2 Å². The average Bonchev–Trinajstić information content (AvgIpc) is 2.90. The standard InChI is InChI=1S/C14H17N3O3S2/c1-10-2-4-11(5-3-10)22-9-13(19)16-15-12(18)8-17-6-7-21-14(17)20/h2-5H,6-9H2,1H3,(H,15,18)(H,16,19). The number of benzene rings is 1. The van der Waals surface area contributed by atoms with Crippen LogP contribution >= 0.6 is 23.5 Å². The second kappa shape index (κ2) is 8.09. The summed E-state index contributed by atoms with van der Waals surface area (Å²) in [5.74, 6) is 0.221. The molecule has 8 heteroatoms. The monoisotopic (exact) mass is 339 g/mol. The number of hydrogen-bond donors (Lipinski definition) is 2. The fourth-order valence-electron chi connectivity index (χ4n) is 1.74. The number of thioether (sulfide) groups is 2. The Hall–Kier alpha value is -1.67. The number of carbonyl (C=O) groups excluding carboxylic acids is 3. The van der Waals surface area contributed by atoms with Crippen LogP contribution in [-0.2, 0) is 9.59 Å². The maximum absolute atomic E-state index is 11.7. The minimum atomic E-state index is -0.399. The minimum absolute atomic E-state index is 0.0305. The molecule has 6 nitrogen and oxygen atoms in total. The largest absolute Gasteiger partial charge is 0.323 e. The van der Waals surface area contributed by atoms with Crippen LogP contribution in [0.3, 0.4) is 0 Å². The molecule has 0 aliphatic carbocycles. The second-order valence-electron chi connectivity index (χ2n) is 4.73. The SMILES string of the molecule is Cc1ccc(SCC(=O)NNC(=O)CN2CCSC2=O)cc1. The third-order valence-corrected chi connectivity index (χ3v) is 4.82. The van der Waals surface area contributed by atoms with Crippen LogP contribution in [0.15, 0.2) is 29.2 Å². The van der Waals surface area contributed by atoms with E-state index in [0.29, 0.717) is 12.3 Å². The molecule has 0 saturated carbocycles. The number of hydrogen-bond acceptors (Lipinski definition) is 5. The number of aryl methyl sites for hydroxylation is 1. The van der Waals surface area contributed by atoms with Gasteiger partial charge in [-0.1, -0.05) is 29.5 Å². The van der Waals surface area contributed by atoms with E-state index < -0.39 is 5.91 Å². The fourth-order valence-corrected chi connectivity index (χ4v) is 3.26. The van der Waals surface area contributed by atoms with Crippen molar-refractivity contribution < 1.29 is 14.4 Å². The highest BCUT2D eigenvalue weighted by molar-refractivity contribution is 8.13. The Bertz CT molecular complexity index is 563. The van der Waals surface area contributed by atoms with E-state index in [1.165, 1.54) is 28.4 Å². The predicted octanol–water partition coefficient (Wildman–Crippen LogP) is 1.40. The van der Waals surface area contributed by atoms with Gasteiger partial charge < -0.3 is 4.90 Å². The lowest BCUT2D eigenvalue weighted by Gasteiger charge is -2.14. The van der Waals surface area contributed by atoms with Crippen molar-refractivity contribution in [1.29, 1.82) is 0 Å². The zero-order valence-electron chi connectivity index (χ0n) is 12.1. The summed E-state index contributed by atoms with van der Waals surface area (Å²) in [5, 5.41) is -0.101. The predicted molar refractivity (Wildman–Crippen MR) is 87.6 cm³/mol. The smallest absolute Gasteiger partial charge is 0.282 e. The Morgan fingerprint density at radius 1 is 1.23 bits per heavy atom. The molecule has 1 saturated heterocycles. The van der Waals surface area contributed by atoms with Crippen molar-refractivity contribution in [3.63, 3.8) is 0 Å². The van der Waals surface area contributed by atoms with Gasteiger partial charge in [0.25, 0.3) is 11.1 Å². The molecule has 1 aliphatic heterocycles. The molecule has 2 rings (SSSR count). The van der Waals surface area contributed by atoms with E-state index in [2.05, 4.69) is 10.9 Å². The molecule has 118 valence electrons. The number of amides is 3. The minimum Gasteiger partial charge on any atom is -0.323 e. The summed E-state index contributed by atoms with van der Waals surface area (Å²) in [5.41, 5.74) is 5.83. The summed E-state index contributed by atoms with van der Waals surface area (Å²) in [7, 11) is 0. The zero-order chi connectivity index (χ0) is 15.9. The summed E-state index contributed by atoms with van der Waals surface area (Å²) < 4.78 is 0. The molecule has 1 heterocycles. The van der Waals surface area contributed by atoms with Crippen LogP contribution in [0, 0.1) is 6.92 Å². The van der Waals surface area contributed by atoms with E-state index in [1.807, 2.05) is 31.2 Å². The first kappa shape index (κ1) is 16.7. The maximum atomic E-state index is 11.7. The number of nitrogens with zero attached hydrogens (tertiary/aromatic N) is 1. The van der Waals surface area contributed by atoms with Gasteiger partial charge in [0.2, 0.25) is 5.91 Å². The van der Waals surface area contributed by atoms with Crippen molar-refractivity contribution in [3.8, 4) is 0 Å². The van der Waals surface area contributed by atoms with Crippen molar-refractivity contribution in [2.45, 2.75) is 11.8 Å². The van der Waals surface area contributed by atoms with Gasteiger partial charge in [0, 0.05) is 17.2 Å². The van der Waals surface area contributed by atoms with Crippen molar-refractivity contribution in [3.05, 3.63) is 29.8 Å². The van der Waals surface area contributed by atoms with Gasteiger partial charge in [-0.15, -0.1) is 11.8 Å². The Morgan fingerprint density at radius 3 is 2.55 bits per heavy atom. The first-order valence-corrected chi connectivity index (χ1v) is 8.70. The lowest BCUT2D eigenvalue weighted by molar-refractivity contribution is -0.127. The van der Waals surface area contributed by atoms with Crippen molar-refractivity contribution in [1.82, 2.24) is 15.8 Å². The zero-order valence-corrected chi connectivity index (χ0v) is 13.8. The lowest BCUT2D eigenvalue weighted by Crippen LogP contribution is -2.47. The number of rotatable bonds is 5. The Labute approximate surface area is 137 Å². The van der Waals surface area contributed by atoms with Gasteiger partial charge in [0.1, 0.15) is 6.54 Å². The van der Waals surface area contributed by atoms with E-state index in [1.54, 1.807) is 0 Å². The molecule has 1 aromatic rings. The van der Waals surface area contributed by atoms with Gasteiger partial charge in [-0.05, 0) is 19.1 Å². The van der Waals surface area contributed by atoms with Gasteiger partial charge in [-0.25, -0.2) is 0 Å². The van der Waals surface area contributed by atoms with Gasteiger partial charge in [0.05, 0.1) is 5.75 Å². The van der Waals surface area contributed by atoms with Gasteiger partial charge in [-0.2, -0.15) is 0 Å². The first-order valence-electron chi connectivity index (χ1n) is 6.73. The third-order valence-electron chi connectivity index (χ3n) is 2.91. The van der Waals surface area contributed by atoms with Gasteiger partial charge in [0.15, 0.2) is 0 Å². The van der Waals surface area contributed by atoms with Crippen LogP contribution in [0.5, 0.6) is 0 Å². The summed E-state index contributed by atoms with van der Waals surface area (Å²) in [6, 6.07) is 7.85. The Balaban J connectivity index is 1.65. The first-order chi connectivity index (χ1) is 10.5. The van der Waals surface area contributed by atoms with E-state index in [9.17, 15) is 14.4 Å². The second-order valence-corrected chi connectivity index (χ2v) is 6.83. The van der Waals surface area contributed by atoms with Gasteiger partial charge >= 0.3 is 0 Å². The summed E-state index contributed by atoms with van der Waals surface area (Å²) >= 11 is 2.59. The van der Waals surface area contributed by atoms with Crippen LogP contribution in [0.2, 0.25) is 0 Å². The number of hydrazine groups is 1. The molecule has 22 heavy (non-hydrogen) atoms. The number of nitrogens with one attached hydrogen (secondary N) is 2. The highest BCUT2D eigenvalue weighted by Gasteiger charge is 2.23. The third kappa shape index (κ3) is 5.27. The summed E-state index contributed by atoms with van der Waals surface area (Å²) in [6.45, 7) is 2.53. The van der Waals surface area contributed by atoms with E-state index in [-0.39, 0.29) is 23.4 Å². The van der Waals surface area contributed by atoms with Crippen LogP contribution in [0.4, 0.5) is 4.79 Å². The molecule has 0 unspecified atom stereocenters. The quantitative estimate of drug-likeness (QED) is 0.626. The normalized spacial score (nSPS) is 14.0. The maximum Gasteiger partial charge on any atom is 0.282 e. The van der Waals surface area contributed by atoms with Crippen molar-refractivity contribution >= 4 is 40.6 Å². The van der Waals surface area contributed by atoms with Crippen LogP contribution in [0.25, 0.3) is 0 Å². The summed E-state index contributed by atoms with van der Waals surface area (Å²) in [4.78, 5) is 37.1. The van der Waals surface area contributed by atoms with Crippen LogP contribution in [0.1, 0.15) is 5.56 Å². The molecular formula is C14H17N3O3S2. The lowest BCUT2D eigenvalue weighted by atomic mass is 10.2. The highest BCUT2D eigenvalue weighted by Crippen LogP contribution is 2.18. The van der Waals surface area contributed by atoms with E-state index in [4.69, 9.17) is 0 Å². The average molecular weight is 339 g/mol. The summed E-state index contributed by atoms with van der Waals surface area (Å²) in [6.07, 6.45) is 0. The number of carbonyl (C=O) groups is 3. The topological polar surface area (TPSA) is 78.5 Å². The molecule has 0 aromatic heterocycles. The Morgan fingerprint density at radius 2 is 1.91 bits per heavy atom. The van der Waals surface area contributed by atoms with E-state index in [0.717, 1.165) is 10.5 Å². The molecule has 2 N–H and O–H groups in total. The molecule has 0 spiro atoms. The van der Waals surface area contributed by atoms with Crippen molar-refractivity contribution in [2.24, 2.45) is 0 Å². The molecule has 0 bridgehead atoms. The molecular weight excluding hydrogens is 322 g/mol. The molecule has 1 fully saturated rings. The van der Waals surface area contributed by atoms with Crippen LogP contribution < -0.4 is 10.9 Å². The molecule has 0 radical (unpaired) electrons. The van der Waals surface area contributed by atoms with E-state index >= 15 is 0 Å². The molecule has 1 aromatic carbocycles. The Kier molecular flexibility index (Phi) is 6.14. The fraction of sp³-hybridized carbons (Fsp3) is 0.357. The van der Waals surface area contributed by atoms with Crippen LogP contribution in [-0.4, -0.2) is 46.5 Å². The van der Waals surface area contributed by atoms with Crippen molar-refractivity contribution in [2.75, 3.05) is 24.6 Å².